The standard InChI is InChI=1S/C19H15F3O3S2/c20-19(21,22)25-27(23,24)26(16-10-4-1-5-11-16,17-12-6-2-7-13-17)18-14-8-3-9-15-18/h1-15H/p+1. The van der Waals surface area contributed by atoms with Gasteiger partial charge < -0.3 is 0 Å². The fraction of sp³-hybridized carbons (Fsp3) is 0.0526. The zero-order valence-electron chi connectivity index (χ0n) is 13.9. The Morgan fingerprint density at radius 2 is 1.00 bits per heavy atom. The van der Waals surface area contributed by atoms with E-state index < -0.39 is 24.0 Å². The molecule has 1 unspecified atom stereocenters. The van der Waals surface area contributed by atoms with E-state index in [1.807, 2.05) is 0 Å². The predicted molar refractivity (Wildman–Crippen MR) is 99.4 cm³/mol. The van der Waals surface area contributed by atoms with Gasteiger partial charge in [0.05, 0.1) is 8.59 Å². The summed E-state index contributed by atoms with van der Waals surface area (Å²) in [7, 11) is -8.20. The van der Waals surface area contributed by atoms with Gasteiger partial charge in [0, 0.05) is 0 Å². The Labute approximate surface area is 156 Å². The normalized spacial score (nSPS) is 14.5. The maximum Gasteiger partial charge on any atom is 0.539 e. The topological polar surface area (TPSA) is 46.5 Å². The van der Waals surface area contributed by atoms with Crippen LogP contribution in [0.25, 0.3) is 0 Å². The van der Waals surface area contributed by atoms with Crippen molar-refractivity contribution in [3.05, 3.63) is 91.0 Å². The summed E-state index contributed by atoms with van der Waals surface area (Å²) in [5.74, 6) is 0. The molecule has 0 amide bonds. The molecular weight excluding hydrogens is 397 g/mol. The minimum absolute atomic E-state index is 0.291. The van der Waals surface area contributed by atoms with Crippen molar-refractivity contribution in [3.8, 4) is 0 Å². The van der Waals surface area contributed by atoms with Crippen LogP contribution in [-0.4, -0.2) is 15.1 Å². The predicted octanol–water partition coefficient (Wildman–Crippen LogP) is 5.44. The first-order valence-electron chi connectivity index (χ1n) is 7.80. The van der Waals surface area contributed by atoms with E-state index in [-0.39, 0.29) is 0 Å². The SMILES string of the molecule is O=S(O)(OC(F)(F)F)=[S+](c1ccccc1)(c1ccccc1)c1ccccc1. The highest BCUT2D eigenvalue weighted by molar-refractivity contribution is 8.52. The first-order valence-corrected chi connectivity index (χ1v) is 11.4. The maximum atomic E-state index is 13.3. The van der Waals surface area contributed by atoms with E-state index in [1.165, 1.54) is 0 Å². The molecular formula is C19H16F3O3S2+. The van der Waals surface area contributed by atoms with Crippen LogP contribution in [0, 0.1) is 0 Å². The summed E-state index contributed by atoms with van der Waals surface area (Å²) in [6.07, 6.45) is -5.28. The Bertz CT molecular complexity index is 940. The quantitative estimate of drug-likeness (QED) is 0.579. The molecule has 0 radical (unpaired) electrons. The van der Waals surface area contributed by atoms with Crippen LogP contribution < -0.4 is 0 Å². The molecule has 8 heteroatoms. The second-order valence-electron chi connectivity index (χ2n) is 5.45. The Balaban J connectivity index is 2.59. The molecule has 0 heterocycles. The van der Waals surface area contributed by atoms with Gasteiger partial charge in [-0.25, -0.2) is 0 Å². The van der Waals surface area contributed by atoms with Crippen molar-refractivity contribution >= 4 is 17.6 Å². The van der Waals surface area contributed by atoms with Crippen LogP contribution in [0.1, 0.15) is 0 Å². The smallest absolute Gasteiger partial charge is 0.260 e. The molecule has 3 aromatic carbocycles. The highest BCUT2D eigenvalue weighted by Crippen LogP contribution is 2.42. The third-order valence-electron chi connectivity index (χ3n) is 3.74. The lowest BCUT2D eigenvalue weighted by molar-refractivity contribution is -0.272. The first kappa shape index (κ1) is 19.6. The maximum absolute atomic E-state index is 13.3. The van der Waals surface area contributed by atoms with Gasteiger partial charge in [-0.1, -0.05) is 54.6 Å². The number of alkyl halides is 3. The number of hydrogen-bond acceptors (Lipinski definition) is 2. The molecule has 1 atom stereocenters. The summed E-state index contributed by atoms with van der Waals surface area (Å²) in [6, 6.07) is 24.0. The number of hydrogen-bond donors (Lipinski definition) is 1. The van der Waals surface area contributed by atoms with Gasteiger partial charge in [-0.2, -0.15) is 4.21 Å². The molecule has 27 heavy (non-hydrogen) atoms. The Hall–Kier alpha value is -2.13. The summed E-state index contributed by atoms with van der Waals surface area (Å²) >= 11 is 0. The monoisotopic (exact) mass is 413 g/mol. The second kappa shape index (κ2) is 7.47. The lowest BCUT2D eigenvalue weighted by Gasteiger charge is -2.23. The van der Waals surface area contributed by atoms with E-state index in [0.29, 0.717) is 14.7 Å². The zero-order valence-corrected chi connectivity index (χ0v) is 15.5. The first-order chi connectivity index (χ1) is 12.8. The van der Waals surface area contributed by atoms with Gasteiger partial charge >= 0.3 is 15.4 Å². The molecule has 0 fully saturated rings. The van der Waals surface area contributed by atoms with E-state index in [9.17, 15) is 21.9 Å². The summed E-state index contributed by atoms with van der Waals surface area (Å²) in [5, 5.41) is 0. The van der Waals surface area contributed by atoms with Crippen LogP contribution in [0.2, 0.25) is 0 Å². The van der Waals surface area contributed by atoms with Gasteiger partial charge in [0.1, 0.15) is 14.7 Å². The molecule has 0 spiro atoms. The van der Waals surface area contributed by atoms with E-state index in [1.54, 1.807) is 91.0 Å². The molecule has 0 saturated carbocycles. The third kappa shape index (κ3) is 3.79. The molecule has 0 saturated heterocycles. The van der Waals surface area contributed by atoms with Crippen LogP contribution in [0.15, 0.2) is 106 Å². The Kier molecular flexibility index (Phi) is 5.43. The van der Waals surface area contributed by atoms with Crippen LogP contribution in [-0.2, 0) is 21.8 Å². The van der Waals surface area contributed by atoms with Gasteiger partial charge in [-0.15, -0.1) is 17.4 Å². The van der Waals surface area contributed by atoms with Gasteiger partial charge in [0.2, 0.25) is 0 Å². The third-order valence-corrected chi connectivity index (χ3v) is 11.4. The molecule has 0 aliphatic heterocycles. The Morgan fingerprint density at radius 1 is 0.704 bits per heavy atom. The van der Waals surface area contributed by atoms with Crippen molar-refractivity contribution in [1.82, 2.24) is 0 Å². The number of halogens is 3. The van der Waals surface area contributed by atoms with Crippen molar-refractivity contribution in [3.63, 3.8) is 0 Å². The lowest BCUT2D eigenvalue weighted by atomic mass is 10.4. The van der Waals surface area contributed by atoms with E-state index in [0.717, 1.165) is 0 Å². The summed E-state index contributed by atoms with van der Waals surface area (Å²) < 4.78 is 67.1. The van der Waals surface area contributed by atoms with Crippen molar-refractivity contribution in [2.75, 3.05) is 0 Å². The molecule has 142 valence electrons. The summed E-state index contributed by atoms with van der Waals surface area (Å²) in [4.78, 5) is 0.873. The van der Waals surface area contributed by atoms with Crippen molar-refractivity contribution in [2.24, 2.45) is 0 Å². The minimum atomic E-state index is -5.28. The second-order valence-corrected chi connectivity index (χ2v) is 11.8. The number of rotatable bonds is 4. The number of benzene rings is 3. The Morgan fingerprint density at radius 3 is 1.26 bits per heavy atom. The van der Waals surface area contributed by atoms with E-state index in [2.05, 4.69) is 4.18 Å². The summed E-state index contributed by atoms with van der Waals surface area (Å²) in [6.45, 7) is 0. The van der Waals surface area contributed by atoms with Gasteiger partial charge in [0.15, 0.2) is 0 Å². The molecule has 3 aromatic rings. The minimum Gasteiger partial charge on any atom is -0.260 e. The molecule has 1 N–H and O–H groups in total. The van der Waals surface area contributed by atoms with E-state index >= 15 is 0 Å². The van der Waals surface area contributed by atoms with Gasteiger partial charge in [-0.3, -0.25) is 4.55 Å². The molecule has 3 rings (SSSR count). The van der Waals surface area contributed by atoms with Crippen LogP contribution in [0.5, 0.6) is 0 Å². The van der Waals surface area contributed by atoms with Crippen LogP contribution >= 0.6 is 0 Å². The highest BCUT2D eigenvalue weighted by atomic mass is 32.9. The van der Waals surface area contributed by atoms with Crippen molar-refractivity contribution in [1.29, 1.82) is 0 Å². The lowest BCUT2D eigenvalue weighted by Crippen LogP contribution is -2.30. The zero-order chi connectivity index (χ0) is 19.5. The average molecular weight is 413 g/mol. The van der Waals surface area contributed by atoms with Crippen LogP contribution in [0.4, 0.5) is 13.2 Å². The largest absolute Gasteiger partial charge is 0.539 e. The molecule has 0 aliphatic rings. The molecule has 0 aromatic heterocycles. The van der Waals surface area contributed by atoms with Gasteiger partial charge in [0.25, 0.3) is 0 Å². The molecule has 0 aliphatic carbocycles. The fourth-order valence-corrected chi connectivity index (χ4v) is 10.0. The van der Waals surface area contributed by atoms with Crippen molar-refractivity contribution < 1.29 is 26.1 Å². The van der Waals surface area contributed by atoms with Gasteiger partial charge in [-0.05, 0) is 36.4 Å². The summed E-state index contributed by atoms with van der Waals surface area (Å²) in [5.41, 5.74) is 0. The average Bonchev–Trinajstić information content (AvgIpc) is 2.63. The van der Waals surface area contributed by atoms with E-state index in [4.69, 9.17) is 0 Å². The van der Waals surface area contributed by atoms with Crippen LogP contribution in [0.3, 0.4) is 0 Å². The van der Waals surface area contributed by atoms with Crippen molar-refractivity contribution in [2.45, 2.75) is 21.0 Å². The highest BCUT2D eigenvalue weighted by Gasteiger charge is 2.48. The molecule has 3 nitrogen and oxygen atoms in total. The fourth-order valence-electron chi connectivity index (χ4n) is 2.78. The molecule has 0 bridgehead atoms.